The first-order chi connectivity index (χ1) is 13.6. The van der Waals surface area contributed by atoms with Gasteiger partial charge in [-0.3, -0.25) is 4.68 Å². The third-order valence-corrected chi connectivity index (χ3v) is 3.70. The molecule has 0 saturated heterocycles. The van der Waals surface area contributed by atoms with E-state index in [0.29, 0.717) is 22.8 Å². The van der Waals surface area contributed by atoms with Crippen LogP contribution in [-0.2, 0) is 12.7 Å². The lowest BCUT2D eigenvalue weighted by Gasteiger charge is -2.16. The van der Waals surface area contributed by atoms with E-state index in [1.54, 1.807) is 23.5 Å². The molecule has 0 saturated carbocycles. The van der Waals surface area contributed by atoms with Gasteiger partial charge in [0.1, 0.15) is 24.5 Å². The minimum Gasteiger partial charge on any atom is -0.361 e. The van der Waals surface area contributed by atoms with E-state index < -0.39 is 30.3 Å². The number of aromatic nitrogens is 4. The van der Waals surface area contributed by atoms with Crippen LogP contribution in [0.25, 0.3) is 10.9 Å². The van der Waals surface area contributed by atoms with Crippen molar-refractivity contribution in [1.29, 1.82) is 5.26 Å². The van der Waals surface area contributed by atoms with E-state index in [2.05, 4.69) is 20.4 Å². The summed E-state index contributed by atoms with van der Waals surface area (Å²) < 4.78 is 77.8. The van der Waals surface area contributed by atoms with Crippen molar-refractivity contribution in [1.82, 2.24) is 19.7 Å². The second-order valence-corrected chi connectivity index (χ2v) is 5.75. The summed E-state index contributed by atoms with van der Waals surface area (Å²) in [4.78, 5) is 7.11. The molecular formula is C16H11F6N7. The summed E-state index contributed by atoms with van der Waals surface area (Å²) in [6, 6.07) is 6.77. The Morgan fingerprint density at radius 3 is 2.52 bits per heavy atom. The van der Waals surface area contributed by atoms with E-state index in [1.807, 2.05) is 6.07 Å². The van der Waals surface area contributed by atoms with E-state index in [1.165, 1.54) is 10.9 Å². The molecule has 2 N–H and O–H groups in total. The molecule has 152 valence electrons. The lowest BCUT2D eigenvalue weighted by atomic mass is 10.2. The quantitative estimate of drug-likeness (QED) is 0.610. The minimum atomic E-state index is -4.94. The number of nitriles is 1. The van der Waals surface area contributed by atoms with E-state index in [4.69, 9.17) is 5.26 Å². The number of nitrogens with zero attached hydrogens (tertiary/aromatic N) is 5. The van der Waals surface area contributed by atoms with Crippen LogP contribution in [0.3, 0.4) is 0 Å². The number of alkyl halides is 6. The second kappa shape index (κ2) is 7.46. The van der Waals surface area contributed by atoms with Gasteiger partial charge in [0.2, 0.25) is 5.95 Å². The minimum absolute atomic E-state index is 0.0186. The zero-order valence-corrected chi connectivity index (χ0v) is 14.3. The van der Waals surface area contributed by atoms with Gasteiger partial charge in [0, 0.05) is 11.6 Å². The van der Waals surface area contributed by atoms with Crippen LogP contribution in [-0.4, -0.2) is 32.5 Å². The topological polar surface area (TPSA) is 91.5 Å². The van der Waals surface area contributed by atoms with Crippen LogP contribution in [0.4, 0.5) is 43.8 Å². The first kappa shape index (κ1) is 20.2. The molecule has 0 unspecified atom stereocenters. The van der Waals surface area contributed by atoms with Crippen molar-refractivity contribution in [3.8, 4) is 6.07 Å². The van der Waals surface area contributed by atoms with E-state index >= 15 is 0 Å². The summed E-state index contributed by atoms with van der Waals surface area (Å²) in [7, 11) is 0. The maximum absolute atomic E-state index is 13.1. The Morgan fingerprint density at radius 2 is 1.86 bits per heavy atom. The van der Waals surface area contributed by atoms with Gasteiger partial charge in [-0.2, -0.15) is 41.7 Å². The Hall–Kier alpha value is -3.56. The lowest BCUT2D eigenvalue weighted by Crippen LogP contribution is -2.24. The maximum Gasteiger partial charge on any atom is 0.421 e. The summed E-state index contributed by atoms with van der Waals surface area (Å²) in [5.41, 5.74) is -0.501. The highest BCUT2D eigenvalue weighted by Gasteiger charge is 2.36. The zero-order chi connectivity index (χ0) is 21.2. The summed E-state index contributed by atoms with van der Waals surface area (Å²) in [6.45, 7) is -1.71. The van der Waals surface area contributed by atoms with Crippen LogP contribution >= 0.6 is 0 Å². The summed E-state index contributed by atoms with van der Waals surface area (Å²) in [6.07, 6.45) is -7.84. The molecule has 0 aliphatic carbocycles. The third kappa shape index (κ3) is 4.65. The molecule has 0 atom stereocenters. The van der Waals surface area contributed by atoms with Gasteiger partial charge >= 0.3 is 12.4 Å². The van der Waals surface area contributed by atoms with Crippen molar-refractivity contribution < 1.29 is 26.3 Å². The molecule has 0 spiro atoms. The fraction of sp³-hybridized carbons (Fsp3) is 0.250. The molecule has 0 amide bonds. The van der Waals surface area contributed by atoms with E-state index in [9.17, 15) is 26.3 Å². The average molecular weight is 415 g/mol. The maximum atomic E-state index is 13.1. The largest absolute Gasteiger partial charge is 0.421 e. The molecule has 0 aliphatic heterocycles. The van der Waals surface area contributed by atoms with Crippen LogP contribution in [0.15, 0.2) is 30.6 Å². The van der Waals surface area contributed by atoms with Crippen LogP contribution in [0, 0.1) is 11.3 Å². The van der Waals surface area contributed by atoms with Crippen LogP contribution in [0.1, 0.15) is 5.56 Å². The van der Waals surface area contributed by atoms with Gasteiger partial charge in [-0.1, -0.05) is 6.07 Å². The Labute approximate surface area is 159 Å². The first-order valence-corrected chi connectivity index (χ1v) is 7.92. The van der Waals surface area contributed by atoms with Crippen molar-refractivity contribution >= 4 is 28.4 Å². The highest BCUT2D eigenvalue weighted by molar-refractivity contribution is 5.92. The van der Waals surface area contributed by atoms with E-state index in [-0.39, 0.29) is 12.5 Å². The number of halogens is 6. The Balaban J connectivity index is 1.96. The number of benzene rings is 1. The predicted molar refractivity (Wildman–Crippen MR) is 90.2 cm³/mol. The SMILES string of the molecule is N#CCn1ncc2c(Nc3ncc(C(F)(F)F)c(NCC(F)(F)F)n3)cccc21. The Kier molecular flexibility index (Phi) is 5.19. The molecule has 3 rings (SSSR count). The highest BCUT2D eigenvalue weighted by atomic mass is 19.4. The van der Waals surface area contributed by atoms with E-state index in [0.717, 1.165) is 0 Å². The number of hydrogen-bond acceptors (Lipinski definition) is 6. The van der Waals surface area contributed by atoms with Gasteiger partial charge in [0.05, 0.1) is 23.5 Å². The highest BCUT2D eigenvalue weighted by Crippen LogP contribution is 2.35. The van der Waals surface area contributed by atoms with Crippen molar-refractivity contribution in [2.75, 3.05) is 17.2 Å². The van der Waals surface area contributed by atoms with Gasteiger partial charge in [0.15, 0.2) is 0 Å². The van der Waals surface area contributed by atoms with Crippen LogP contribution in [0.5, 0.6) is 0 Å². The second-order valence-electron chi connectivity index (χ2n) is 5.75. The van der Waals surface area contributed by atoms with Gasteiger partial charge in [-0.25, -0.2) is 4.98 Å². The molecule has 13 heteroatoms. The fourth-order valence-electron chi connectivity index (χ4n) is 2.49. The number of rotatable bonds is 5. The van der Waals surface area contributed by atoms with Crippen LogP contribution < -0.4 is 10.6 Å². The van der Waals surface area contributed by atoms with Crippen molar-refractivity contribution in [3.05, 3.63) is 36.2 Å². The molecule has 0 radical (unpaired) electrons. The molecule has 7 nitrogen and oxygen atoms in total. The molecule has 2 heterocycles. The average Bonchev–Trinajstić information content (AvgIpc) is 3.03. The molecule has 0 aliphatic rings. The Bertz CT molecular complexity index is 1060. The molecule has 0 fully saturated rings. The Morgan fingerprint density at radius 1 is 1.10 bits per heavy atom. The van der Waals surface area contributed by atoms with Gasteiger partial charge in [0.25, 0.3) is 0 Å². The monoisotopic (exact) mass is 415 g/mol. The smallest absolute Gasteiger partial charge is 0.361 e. The molecule has 1 aromatic carbocycles. The van der Waals surface area contributed by atoms with Gasteiger partial charge in [-0.05, 0) is 12.1 Å². The number of nitrogens with one attached hydrogen (secondary N) is 2. The molecule has 29 heavy (non-hydrogen) atoms. The van der Waals surface area contributed by atoms with Crippen molar-refractivity contribution in [3.63, 3.8) is 0 Å². The molecule has 3 aromatic rings. The third-order valence-electron chi connectivity index (χ3n) is 3.70. The van der Waals surface area contributed by atoms with Gasteiger partial charge < -0.3 is 10.6 Å². The summed E-state index contributed by atoms with van der Waals surface area (Å²) in [5, 5.41) is 17.7. The molecule has 0 bridgehead atoms. The van der Waals surface area contributed by atoms with Gasteiger partial charge in [-0.15, -0.1) is 0 Å². The fourth-order valence-corrected chi connectivity index (χ4v) is 2.49. The molecular weight excluding hydrogens is 404 g/mol. The van der Waals surface area contributed by atoms with Crippen molar-refractivity contribution in [2.45, 2.75) is 18.9 Å². The molecule has 2 aromatic heterocycles. The number of anilines is 3. The van der Waals surface area contributed by atoms with Crippen LogP contribution in [0.2, 0.25) is 0 Å². The standard InChI is InChI=1S/C16H11F6N7/c17-15(18,19)8-25-13-10(16(20,21)22)7-24-14(28-13)27-11-2-1-3-12-9(11)6-26-29(12)5-4-23/h1-3,6-7H,5,8H2,(H2,24,25,27,28). The normalized spacial score (nSPS) is 12.0. The number of hydrogen-bond donors (Lipinski definition) is 2. The van der Waals surface area contributed by atoms with Crippen molar-refractivity contribution in [2.24, 2.45) is 0 Å². The zero-order valence-electron chi connectivity index (χ0n) is 14.3. The first-order valence-electron chi connectivity index (χ1n) is 7.92. The summed E-state index contributed by atoms with van der Waals surface area (Å²) >= 11 is 0. The lowest BCUT2D eigenvalue weighted by molar-refractivity contribution is -0.138. The predicted octanol–water partition coefficient (Wildman–Crippen LogP) is 4.09. The number of fused-ring (bicyclic) bond motifs is 1. The summed E-state index contributed by atoms with van der Waals surface area (Å²) in [5.74, 6) is -1.34.